The zero-order valence-corrected chi connectivity index (χ0v) is 13.1. The molecule has 25 heavy (non-hydrogen) atoms. The molecule has 0 aliphatic rings. The molecule has 2 rings (SSSR count). The van der Waals surface area contributed by atoms with Crippen molar-refractivity contribution in [1.29, 1.82) is 5.26 Å². The van der Waals surface area contributed by atoms with E-state index < -0.39 is 17.7 Å². The highest BCUT2D eigenvalue weighted by atomic mass is 19.4. The van der Waals surface area contributed by atoms with Gasteiger partial charge in [0.05, 0.1) is 24.1 Å². The fourth-order valence-corrected chi connectivity index (χ4v) is 2.09. The van der Waals surface area contributed by atoms with Gasteiger partial charge in [-0.3, -0.25) is 0 Å². The standard InChI is InChI=1S/C16H12F3N3O3/c1-8-12(15(23)24-2)13(21)11(7-20)14(22-8)25-10-5-3-4-9(6-10)16(17,18)19/h3-6H,1-2H3,(H2,21,22). The molecule has 0 radical (unpaired) electrons. The van der Waals surface area contributed by atoms with E-state index in [-0.39, 0.29) is 34.1 Å². The molecule has 2 aromatic rings. The highest BCUT2D eigenvalue weighted by molar-refractivity contribution is 5.97. The van der Waals surface area contributed by atoms with Crippen molar-refractivity contribution in [3.63, 3.8) is 0 Å². The number of nitrogens with zero attached hydrogens (tertiary/aromatic N) is 2. The molecule has 0 unspecified atom stereocenters. The van der Waals surface area contributed by atoms with E-state index in [1.807, 2.05) is 0 Å². The summed E-state index contributed by atoms with van der Waals surface area (Å²) in [7, 11) is 1.14. The fourth-order valence-electron chi connectivity index (χ4n) is 2.09. The van der Waals surface area contributed by atoms with Crippen molar-refractivity contribution in [1.82, 2.24) is 4.98 Å². The van der Waals surface area contributed by atoms with Gasteiger partial charge in [-0.25, -0.2) is 9.78 Å². The smallest absolute Gasteiger partial charge is 0.416 e. The van der Waals surface area contributed by atoms with Crippen molar-refractivity contribution >= 4 is 11.7 Å². The molecule has 0 bridgehead atoms. The number of nitriles is 1. The molecule has 0 spiro atoms. The monoisotopic (exact) mass is 351 g/mol. The summed E-state index contributed by atoms with van der Waals surface area (Å²) in [4.78, 5) is 15.7. The SMILES string of the molecule is COC(=O)c1c(C)nc(Oc2cccc(C(F)(F)F)c2)c(C#N)c1N. The van der Waals surface area contributed by atoms with Gasteiger partial charge in [0.1, 0.15) is 22.9 Å². The third-order valence-electron chi connectivity index (χ3n) is 3.26. The molecule has 0 saturated heterocycles. The summed E-state index contributed by atoms with van der Waals surface area (Å²) in [5.41, 5.74) is 4.41. The first-order valence-electron chi connectivity index (χ1n) is 6.82. The van der Waals surface area contributed by atoms with Gasteiger partial charge in [-0.05, 0) is 25.1 Å². The predicted octanol–water partition coefficient (Wildman–Crippen LogP) is 3.44. The van der Waals surface area contributed by atoms with Gasteiger partial charge < -0.3 is 15.2 Å². The number of nitrogen functional groups attached to an aromatic ring is 1. The van der Waals surface area contributed by atoms with Crippen molar-refractivity contribution in [3.8, 4) is 17.7 Å². The fraction of sp³-hybridized carbons (Fsp3) is 0.188. The van der Waals surface area contributed by atoms with E-state index in [9.17, 15) is 23.2 Å². The minimum Gasteiger partial charge on any atom is -0.465 e. The van der Waals surface area contributed by atoms with Gasteiger partial charge in [-0.15, -0.1) is 0 Å². The van der Waals surface area contributed by atoms with Crippen LogP contribution in [0.4, 0.5) is 18.9 Å². The van der Waals surface area contributed by atoms with E-state index in [1.165, 1.54) is 13.0 Å². The van der Waals surface area contributed by atoms with Crippen LogP contribution in [0.2, 0.25) is 0 Å². The molecule has 0 aliphatic carbocycles. The van der Waals surface area contributed by atoms with E-state index in [4.69, 9.17) is 10.5 Å². The summed E-state index contributed by atoms with van der Waals surface area (Å²) in [6.45, 7) is 1.43. The maximum Gasteiger partial charge on any atom is 0.416 e. The number of rotatable bonds is 3. The lowest BCUT2D eigenvalue weighted by atomic mass is 10.1. The predicted molar refractivity (Wildman–Crippen MR) is 81.0 cm³/mol. The summed E-state index contributed by atoms with van der Waals surface area (Å²) in [6.07, 6.45) is -4.55. The van der Waals surface area contributed by atoms with E-state index in [1.54, 1.807) is 6.07 Å². The molecule has 0 fully saturated rings. The lowest BCUT2D eigenvalue weighted by Crippen LogP contribution is -2.12. The quantitative estimate of drug-likeness (QED) is 0.851. The largest absolute Gasteiger partial charge is 0.465 e. The van der Waals surface area contributed by atoms with Gasteiger partial charge in [-0.1, -0.05) is 6.07 Å². The van der Waals surface area contributed by atoms with E-state index in [2.05, 4.69) is 9.72 Å². The second kappa shape index (κ2) is 6.68. The van der Waals surface area contributed by atoms with Gasteiger partial charge in [0, 0.05) is 0 Å². The molecule has 130 valence electrons. The minimum atomic E-state index is -4.55. The van der Waals surface area contributed by atoms with Crippen LogP contribution in [0.5, 0.6) is 11.6 Å². The molecule has 0 atom stereocenters. The number of benzene rings is 1. The number of pyridine rings is 1. The number of alkyl halides is 3. The number of ether oxygens (including phenoxy) is 2. The normalized spacial score (nSPS) is 10.9. The van der Waals surface area contributed by atoms with Crippen LogP contribution < -0.4 is 10.5 Å². The molecule has 0 amide bonds. The number of aromatic nitrogens is 1. The molecule has 0 saturated carbocycles. The van der Waals surface area contributed by atoms with E-state index >= 15 is 0 Å². The molecule has 9 heteroatoms. The zero-order chi connectivity index (χ0) is 18.8. The first-order valence-corrected chi connectivity index (χ1v) is 6.82. The van der Waals surface area contributed by atoms with Crippen LogP contribution in [-0.2, 0) is 10.9 Å². The van der Waals surface area contributed by atoms with E-state index in [0.717, 1.165) is 25.3 Å². The first-order chi connectivity index (χ1) is 11.7. The first kappa shape index (κ1) is 18.1. The van der Waals surface area contributed by atoms with Gasteiger partial charge in [0.25, 0.3) is 0 Å². The highest BCUT2D eigenvalue weighted by Crippen LogP contribution is 2.34. The van der Waals surface area contributed by atoms with Crippen molar-refractivity contribution in [2.45, 2.75) is 13.1 Å². The Balaban J connectivity index is 2.51. The lowest BCUT2D eigenvalue weighted by molar-refractivity contribution is -0.137. The number of hydrogen-bond donors (Lipinski definition) is 1. The highest BCUT2D eigenvalue weighted by Gasteiger charge is 2.31. The Morgan fingerprint density at radius 2 is 2.04 bits per heavy atom. The Hall–Kier alpha value is -3.28. The second-order valence-electron chi connectivity index (χ2n) is 4.90. The molecule has 0 aliphatic heterocycles. The van der Waals surface area contributed by atoms with Crippen LogP contribution in [0.25, 0.3) is 0 Å². The molecular weight excluding hydrogens is 339 g/mol. The van der Waals surface area contributed by atoms with Gasteiger partial charge >= 0.3 is 12.1 Å². The van der Waals surface area contributed by atoms with Gasteiger partial charge in [0.15, 0.2) is 0 Å². The molecule has 6 nitrogen and oxygen atoms in total. The average molecular weight is 351 g/mol. The Bertz CT molecular complexity index is 873. The number of aryl methyl sites for hydroxylation is 1. The third-order valence-corrected chi connectivity index (χ3v) is 3.26. The summed E-state index contributed by atoms with van der Waals surface area (Å²) in [5.74, 6) is -1.27. The van der Waals surface area contributed by atoms with Crippen molar-refractivity contribution in [3.05, 3.63) is 46.6 Å². The number of nitrogens with two attached hydrogens (primary N) is 1. The number of hydrogen-bond acceptors (Lipinski definition) is 6. The number of carbonyl (C=O) groups is 1. The maximum atomic E-state index is 12.8. The Morgan fingerprint density at radius 1 is 1.36 bits per heavy atom. The van der Waals surface area contributed by atoms with Crippen LogP contribution in [0.1, 0.15) is 27.2 Å². The molecule has 2 N–H and O–H groups in total. The number of methoxy groups -OCH3 is 1. The van der Waals surface area contributed by atoms with Crippen molar-refractivity contribution < 1.29 is 27.4 Å². The minimum absolute atomic E-state index is 0.101. The Labute approximate surface area is 140 Å². The van der Waals surface area contributed by atoms with Crippen LogP contribution in [0, 0.1) is 18.3 Å². The van der Waals surface area contributed by atoms with Crippen LogP contribution in [0.15, 0.2) is 24.3 Å². The topological polar surface area (TPSA) is 98.2 Å². The molecule has 1 aromatic carbocycles. The van der Waals surface area contributed by atoms with Crippen molar-refractivity contribution in [2.75, 3.05) is 12.8 Å². The zero-order valence-electron chi connectivity index (χ0n) is 13.1. The Kier molecular flexibility index (Phi) is 4.83. The lowest BCUT2D eigenvalue weighted by Gasteiger charge is -2.14. The number of esters is 1. The summed E-state index contributed by atoms with van der Waals surface area (Å²) < 4.78 is 48.2. The second-order valence-corrected chi connectivity index (χ2v) is 4.90. The number of carbonyl (C=O) groups excluding carboxylic acids is 1. The third kappa shape index (κ3) is 3.63. The van der Waals surface area contributed by atoms with Crippen LogP contribution >= 0.6 is 0 Å². The Morgan fingerprint density at radius 3 is 2.60 bits per heavy atom. The number of halogens is 3. The summed E-state index contributed by atoms with van der Waals surface area (Å²) in [5, 5.41) is 9.25. The molecular formula is C16H12F3N3O3. The van der Waals surface area contributed by atoms with Gasteiger partial charge in [-0.2, -0.15) is 18.4 Å². The summed E-state index contributed by atoms with van der Waals surface area (Å²) >= 11 is 0. The molecule has 1 heterocycles. The van der Waals surface area contributed by atoms with Gasteiger partial charge in [0.2, 0.25) is 5.88 Å². The van der Waals surface area contributed by atoms with Crippen LogP contribution in [-0.4, -0.2) is 18.1 Å². The molecule has 1 aromatic heterocycles. The van der Waals surface area contributed by atoms with Crippen LogP contribution in [0.3, 0.4) is 0 Å². The number of anilines is 1. The van der Waals surface area contributed by atoms with E-state index in [0.29, 0.717) is 0 Å². The van der Waals surface area contributed by atoms with Crippen molar-refractivity contribution in [2.24, 2.45) is 0 Å². The maximum absolute atomic E-state index is 12.8. The average Bonchev–Trinajstić information content (AvgIpc) is 2.54. The summed E-state index contributed by atoms with van der Waals surface area (Å²) in [6, 6.07) is 5.81.